The molecule has 1 heterocycles. The Labute approximate surface area is 128 Å². The van der Waals surface area contributed by atoms with Gasteiger partial charge < -0.3 is 9.64 Å². The van der Waals surface area contributed by atoms with Crippen molar-refractivity contribution >= 4 is 17.3 Å². The second kappa shape index (κ2) is 4.27. The number of ether oxygens (including phenoxy) is 1. The molecule has 0 radical (unpaired) electrons. The van der Waals surface area contributed by atoms with Crippen molar-refractivity contribution in [2.75, 3.05) is 19.0 Å². The lowest BCUT2D eigenvalue weighted by molar-refractivity contribution is 0.0785. The van der Waals surface area contributed by atoms with E-state index in [1.54, 1.807) is 24.3 Å². The minimum absolute atomic E-state index is 0.213. The van der Waals surface area contributed by atoms with E-state index in [1.807, 2.05) is 43.3 Å². The van der Waals surface area contributed by atoms with Crippen molar-refractivity contribution in [2.24, 2.45) is 0 Å². The first-order valence-corrected chi connectivity index (χ1v) is 7.19. The quantitative estimate of drug-likeness (QED) is 0.631. The highest BCUT2D eigenvalue weighted by molar-refractivity contribution is 6.34. The molecule has 22 heavy (non-hydrogen) atoms. The third-order valence-corrected chi connectivity index (χ3v) is 4.42. The number of epoxide rings is 1. The Morgan fingerprint density at radius 2 is 1.45 bits per heavy atom. The molecular formula is C18H15NO3. The van der Waals surface area contributed by atoms with Crippen molar-refractivity contribution in [1.82, 2.24) is 0 Å². The fourth-order valence-corrected chi connectivity index (χ4v) is 3.13. The number of nitrogens with zero attached hydrogens (tertiary/aromatic N) is 1. The summed E-state index contributed by atoms with van der Waals surface area (Å²) in [5.74, 6) is -0.426. The van der Waals surface area contributed by atoms with Crippen molar-refractivity contribution < 1.29 is 14.3 Å². The molecule has 2 aliphatic rings. The molecule has 2 aromatic carbocycles. The van der Waals surface area contributed by atoms with Crippen LogP contribution in [0.25, 0.3) is 0 Å². The maximum Gasteiger partial charge on any atom is 0.224 e. The van der Waals surface area contributed by atoms with Crippen LogP contribution in [0, 0.1) is 0 Å². The van der Waals surface area contributed by atoms with Gasteiger partial charge in [0.2, 0.25) is 17.2 Å². The van der Waals surface area contributed by atoms with Crippen molar-refractivity contribution in [3.05, 3.63) is 65.2 Å². The number of rotatable bonds is 2. The van der Waals surface area contributed by atoms with Crippen LogP contribution in [0.4, 0.5) is 5.69 Å². The molecule has 0 saturated carbocycles. The maximum absolute atomic E-state index is 12.6. The number of carbonyl (C=O) groups excluding carboxylic acids is 2. The van der Waals surface area contributed by atoms with E-state index in [4.69, 9.17) is 4.74 Å². The zero-order valence-electron chi connectivity index (χ0n) is 12.4. The highest BCUT2D eigenvalue weighted by Gasteiger charge is 2.71. The van der Waals surface area contributed by atoms with Gasteiger partial charge in [-0.05, 0) is 17.7 Å². The summed E-state index contributed by atoms with van der Waals surface area (Å²) < 4.78 is 5.65. The number of Topliss-reactive ketones (excluding diaryl/α,β-unsaturated/α-hetero) is 2. The van der Waals surface area contributed by atoms with Crippen molar-refractivity contribution in [3.8, 4) is 0 Å². The van der Waals surface area contributed by atoms with Crippen LogP contribution in [0.15, 0.2) is 48.5 Å². The maximum atomic E-state index is 12.6. The number of fused-ring (bicyclic) bond motifs is 1. The van der Waals surface area contributed by atoms with Crippen LogP contribution < -0.4 is 4.90 Å². The lowest BCUT2D eigenvalue weighted by Gasteiger charge is -2.12. The van der Waals surface area contributed by atoms with Gasteiger partial charge in [0.1, 0.15) is 6.10 Å². The molecule has 1 aliphatic carbocycles. The van der Waals surface area contributed by atoms with E-state index in [0.29, 0.717) is 11.1 Å². The number of hydrogen-bond donors (Lipinski definition) is 0. The van der Waals surface area contributed by atoms with Gasteiger partial charge in [0, 0.05) is 30.9 Å². The predicted molar refractivity (Wildman–Crippen MR) is 82.4 cm³/mol. The van der Waals surface area contributed by atoms with Crippen molar-refractivity contribution in [2.45, 2.75) is 11.7 Å². The molecule has 0 bridgehead atoms. The monoisotopic (exact) mass is 293 g/mol. The molecule has 1 aliphatic heterocycles. The average Bonchev–Trinajstić information content (AvgIpc) is 3.26. The first-order chi connectivity index (χ1) is 10.6. The van der Waals surface area contributed by atoms with E-state index in [9.17, 15) is 9.59 Å². The van der Waals surface area contributed by atoms with E-state index in [0.717, 1.165) is 11.3 Å². The summed E-state index contributed by atoms with van der Waals surface area (Å²) in [5.41, 5.74) is 1.55. The second-order valence-electron chi connectivity index (χ2n) is 5.92. The van der Waals surface area contributed by atoms with Gasteiger partial charge in [0.15, 0.2) is 0 Å². The Morgan fingerprint density at radius 3 is 1.95 bits per heavy atom. The molecule has 1 unspecified atom stereocenters. The van der Waals surface area contributed by atoms with Crippen molar-refractivity contribution in [1.29, 1.82) is 0 Å². The second-order valence-corrected chi connectivity index (χ2v) is 5.92. The molecule has 4 rings (SSSR count). The molecule has 0 N–H and O–H groups in total. The normalized spacial score (nSPS) is 21.1. The number of ketones is 2. The lowest BCUT2D eigenvalue weighted by Crippen LogP contribution is -2.27. The van der Waals surface area contributed by atoms with Gasteiger partial charge in [-0.3, -0.25) is 9.59 Å². The summed E-state index contributed by atoms with van der Waals surface area (Å²) in [7, 11) is 3.93. The third kappa shape index (κ3) is 1.56. The highest BCUT2D eigenvalue weighted by Crippen LogP contribution is 2.56. The van der Waals surface area contributed by atoms with E-state index >= 15 is 0 Å². The highest BCUT2D eigenvalue weighted by atomic mass is 16.6. The summed E-state index contributed by atoms with van der Waals surface area (Å²) in [5, 5.41) is 0. The number of benzene rings is 2. The van der Waals surface area contributed by atoms with Gasteiger partial charge in [-0.1, -0.05) is 36.4 Å². The Balaban J connectivity index is 1.69. The smallest absolute Gasteiger partial charge is 0.224 e. The molecule has 1 atom stereocenters. The Morgan fingerprint density at radius 1 is 0.909 bits per heavy atom. The van der Waals surface area contributed by atoms with Crippen LogP contribution in [0.5, 0.6) is 0 Å². The lowest BCUT2D eigenvalue weighted by atomic mass is 9.94. The molecule has 1 spiro atoms. The fraction of sp³-hybridized carbons (Fsp3) is 0.222. The molecule has 4 nitrogen and oxygen atoms in total. The zero-order valence-corrected chi connectivity index (χ0v) is 12.4. The standard InChI is InChI=1S/C18H15NO3/c1-19(2)12-9-7-11(8-10-12)17-18(22-17)15(20)13-5-3-4-6-14(13)16(18)21/h3-10,17H,1-2H3. The number of hydrogen-bond acceptors (Lipinski definition) is 4. The summed E-state index contributed by atoms with van der Waals surface area (Å²) >= 11 is 0. The van der Waals surface area contributed by atoms with E-state index in [2.05, 4.69) is 0 Å². The number of carbonyl (C=O) groups is 2. The minimum Gasteiger partial charge on any atom is -0.378 e. The first kappa shape index (κ1) is 13.2. The van der Waals surface area contributed by atoms with Crippen LogP contribution >= 0.6 is 0 Å². The zero-order chi connectivity index (χ0) is 15.5. The minimum atomic E-state index is -1.32. The largest absolute Gasteiger partial charge is 0.378 e. The van der Waals surface area contributed by atoms with Crippen molar-refractivity contribution in [3.63, 3.8) is 0 Å². The molecule has 1 saturated heterocycles. The van der Waals surface area contributed by atoms with Crippen LogP contribution in [-0.4, -0.2) is 31.3 Å². The Kier molecular flexibility index (Phi) is 2.57. The topological polar surface area (TPSA) is 49.9 Å². The summed E-state index contributed by atoms with van der Waals surface area (Å²) in [4.78, 5) is 27.2. The van der Waals surface area contributed by atoms with Gasteiger partial charge in [-0.2, -0.15) is 0 Å². The van der Waals surface area contributed by atoms with Crippen LogP contribution in [0.2, 0.25) is 0 Å². The molecule has 0 amide bonds. The van der Waals surface area contributed by atoms with Gasteiger partial charge in [-0.15, -0.1) is 0 Å². The molecule has 0 aromatic heterocycles. The molecule has 4 heteroatoms. The molecule has 1 fully saturated rings. The van der Waals surface area contributed by atoms with E-state index < -0.39 is 11.7 Å². The van der Waals surface area contributed by atoms with E-state index in [-0.39, 0.29) is 11.6 Å². The van der Waals surface area contributed by atoms with Gasteiger partial charge in [0.05, 0.1) is 0 Å². The molecular weight excluding hydrogens is 278 g/mol. The van der Waals surface area contributed by atoms with Gasteiger partial charge in [0.25, 0.3) is 0 Å². The van der Waals surface area contributed by atoms with Gasteiger partial charge in [-0.25, -0.2) is 0 Å². The van der Waals surface area contributed by atoms with Gasteiger partial charge >= 0.3 is 0 Å². The molecule has 2 aromatic rings. The van der Waals surface area contributed by atoms with E-state index in [1.165, 1.54) is 0 Å². The first-order valence-electron chi connectivity index (χ1n) is 7.19. The Hall–Kier alpha value is -2.46. The SMILES string of the molecule is CN(C)c1ccc(C2OC23C(=O)c2ccccc2C3=O)cc1. The van der Waals surface area contributed by atoms with Crippen LogP contribution in [-0.2, 0) is 4.74 Å². The number of anilines is 1. The Bertz CT molecular complexity index is 757. The fourth-order valence-electron chi connectivity index (χ4n) is 3.13. The molecule has 110 valence electrons. The average molecular weight is 293 g/mol. The van der Waals surface area contributed by atoms with Crippen LogP contribution in [0.1, 0.15) is 32.4 Å². The predicted octanol–water partition coefficient (Wildman–Crippen LogP) is 2.64. The summed E-state index contributed by atoms with van der Waals surface area (Å²) in [6.07, 6.45) is -0.476. The summed E-state index contributed by atoms with van der Waals surface area (Å²) in [6, 6.07) is 14.7. The third-order valence-electron chi connectivity index (χ3n) is 4.42. The van der Waals surface area contributed by atoms with Crippen LogP contribution in [0.3, 0.4) is 0 Å². The summed E-state index contributed by atoms with van der Waals surface area (Å²) in [6.45, 7) is 0.